The number of phenols is 5. The monoisotopic (exact) mass is 930 g/mol. The highest BCUT2D eigenvalue weighted by Gasteiger charge is 2.23. The normalized spacial score (nSPS) is 12.4. The molecule has 7 N–H and O–H groups in total. The maximum Gasteiger partial charge on any atom is 0.336 e. The molecule has 0 aliphatic heterocycles. The lowest BCUT2D eigenvalue weighted by Gasteiger charge is -2.19. The molecule has 0 heterocycles. The summed E-state index contributed by atoms with van der Waals surface area (Å²) in [5.74, 6) is 9.97. The van der Waals surface area contributed by atoms with E-state index in [1.54, 1.807) is 115 Å². The third-order valence-corrected chi connectivity index (χ3v) is 13.0. The zero-order chi connectivity index (χ0) is 50.2. The molecule has 0 aromatic heterocycles. The number of rotatable bonds is 2. The molecule has 70 heavy (non-hydrogen) atoms. The number of phenolic OH excluding ortho intramolecular Hbond substituents is 5. The number of carbonyl (C=O) groups is 2. The van der Waals surface area contributed by atoms with E-state index in [0.29, 0.717) is 77.9 Å². The molecule has 7 aromatic rings. The van der Waals surface area contributed by atoms with Crippen molar-refractivity contribution in [1.29, 1.82) is 0 Å². The lowest BCUT2D eigenvalue weighted by atomic mass is 9.85. The van der Waals surface area contributed by atoms with Gasteiger partial charge in [0.25, 0.3) is 0 Å². The highest BCUT2D eigenvalue weighted by atomic mass is 16.4. The summed E-state index contributed by atoms with van der Waals surface area (Å²) >= 11 is 0. The molecule has 8 rings (SSSR count). The summed E-state index contributed by atoms with van der Waals surface area (Å²) in [6.07, 6.45) is 0.430. The molecule has 1 aliphatic rings. The van der Waals surface area contributed by atoms with Crippen LogP contribution in [-0.2, 0) is 42.9 Å². The van der Waals surface area contributed by atoms with Crippen LogP contribution in [0.4, 0.5) is 0 Å². The van der Waals surface area contributed by atoms with Gasteiger partial charge in [0.05, 0.1) is 11.1 Å². The van der Waals surface area contributed by atoms with E-state index in [9.17, 15) is 45.3 Å². The van der Waals surface area contributed by atoms with Gasteiger partial charge in [0, 0.05) is 54.4 Å². The fourth-order valence-corrected chi connectivity index (χ4v) is 8.90. The Kier molecular flexibility index (Phi) is 13.0. The van der Waals surface area contributed by atoms with E-state index in [0.717, 1.165) is 11.1 Å². The number of carboxylic acid groups (broad SMARTS) is 2. The molecule has 352 valence electrons. The summed E-state index contributed by atoms with van der Waals surface area (Å²) in [5, 5.41) is 79.8. The Morgan fingerprint density at radius 1 is 0.371 bits per heavy atom. The minimum absolute atomic E-state index is 0.0257. The minimum atomic E-state index is -1.12. The summed E-state index contributed by atoms with van der Waals surface area (Å²) in [6, 6.07) is 33.0. The van der Waals surface area contributed by atoms with Crippen LogP contribution in [0.2, 0.25) is 0 Å². The molecule has 0 atom stereocenters. The Hall–Kier alpha value is -8.40. The van der Waals surface area contributed by atoms with Crippen molar-refractivity contribution in [1.82, 2.24) is 0 Å². The number of carboxylic acids is 2. The van der Waals surface area contributed by atoms with Crippen molar-refractivity contribution < 1.29 is 45.3 Å². The second-order valence-corrected chi connectivity index (χ2v) is 20.1. The number of para-hydroxylation sites is 3. The third kappa shape index (κ3) is 10.2. The van der Waals surface area contributed by atoms with Gasteiger partial charge < -0.3 is 35.7 Å². The van der Waals surface area contributed by atoms with Gasteiger partial charge >= 0.3 is 11.9 Å². The number of aromatic hydroxyl groups is 5. The predicted molar refractivity (Wildman–Crippen MR) is 271 cm³/mol. The lowest BCUT2D eigenvalue weighted by Crippen LogP contribution is -2.12. The first-order valence-corrected chi connectivity index (χ1v) is 23.0. The molecule has 9 nitrogen and oxygen atoms in total. The van der Waals surface area contributed by atoms with Gasteiger partial charge in [-0.05, 0) is 126 Å². The number of benzene rings is 7. The second kappa shape index (κ2) is 18.9. The zero-order valence-electron chi connectivity index (χ0n) is 40.0. The quantitative estimate of drug-likeness (QED) is 0.0832. The van der Waals surface area contributed by atoms with Gasteiger partial charge in [0.1, 0.15) is 28.7 Å². The lowest BCUT2D eigenvalue weighted by molar-refractivity contribution is 0.0685. The zero-order valence-corrected chi connectivity index (χ0v) is 40.0. The van der Waals surface area contributed by atoms with Crippen LogP contribution in [0, 0.1) is 23.7 Å². The standard InChI is InChI=1S/C61H54O9/c1-60(2,3)49-20-22-51(58(67)68)37(33-49)18-16-35-24-45-29-41-12-7-10-39(53(41)62)28-40-11-8-13-42(54(40)63)30-46-25-36(17-19-38-34-50(61(4,5)6)21-23-52(38)59(69)70)27-48(57(46)66)32-44-15-9-14-43(55(44)64)31-47(26-35)56(45)65/h7-15,20-27,33-34,62-66H,28-32H2,1-6H3,(H,67,68)(H,69,70). The smallest absolute Gasteiger partial charge is 0.336 e. The second-order valence-electron chi connectivity index (χ2n) is 20.1. The molecule has 0 amide bonds. The first-order valence-electron chi connectivity index (χ1n) is 23.0. The van der Waals surface area contributed by atoms with Crippen molar-refractivity contribution in [2.75, 3.05) is 0 Å². The summed E-state index contributed by atoms with van der Waals surface area (Å²) in [6.45, 7) is 12.2. The molecule has 0 fully saturated rings. The Balaban J connectivity index is 1.30. The van der Waals surface area contributed by atoms with Crippen molar-refractivity contribution in [2.24, 2.45) is 0 Å². The number of hydrogen-bond donors (Lipinski definition) is 7. The van der Waals surface area contributed by atoms with Crippen molar-refractivity contribution in [2.45, 2.75) is 84.5 Å². The van der Waals surface area contributed by atoms with Crippen molar-refractivity contribution in [3.63, 3.8) is 0 Å². The predicted octanol–water partition coefficient (Wildman–Crippen LogP) is 11.3. The van der Waals surface area contributed by atoms with Crippen LogP contribution < -0.4 is 0 Å². The summed E-state index contributed by atoms with van der Waals surface area (Å²) in [4.78, 5) is 24.7. The van der Waals surface area contributed by atoms with Crippen LogP contribution in [-0.4, -0.2) is 47.7 Å². The highest BCUT2D eigenvalue weighted by Crippen LogP contribution is 2.39. The largest absolute Gasteiger partial charge is 0.507 e. The molecular weight excluding hydrogens is 877 g/mol. The van der Waals surface area contributed by atoms with Gasteiger partial charge in [-0.15, -0.1) is 0 Å². The molecule has 1 aliphatic carbocycles. The first-order chi connectivity index (χ1) is 33.1. The van der Waals surface area contributed by atoms with Gasteiger partial charge in [-0.1, -0.05) is 132 Å². The molecule has 0 saturated carbocycles. The first kappa shape index (κ1) is 48.1. The molecule has 9 heteroatoms. The maximum atomic E-state index is 12.3. The topological polar surface area (TPSA) is 176 Å². The summed E-state index contributed by atoms with van der Waals surface area (Å²) in [5.41, 5.74) is 7.63. The fraction of sp³-hybridized carbons (Fsp3) is 0.213. The number of hydrogen-bond acceptors (Lipinski definition) is 7. The third-order valence-electron chi connectivity index (χ3n) is 13.0. The summed E-state index contributed by atoms with van der Waals surface area (Å²) in [7, 11) is 0. The molecule has 0 saturated heterocycles. The van der Waals surface area contributed by atoms with E-state index in [1.165, 1.54) is 0 Å². The van der Waals surface area contributed by atoms with Crippen LogP contribution in [0.1, 0.15) is 151 Å². The van der Waals surface area contributed by atoms with E-state index < -0.39 is 11.9 Å². The van der Waals surface area contributed by atoms with Gasteiger partial charge in [-0.2, -0.15) is 0 Å². The number of fused-ring (bicyclic) bond motifs is 10. The van der Waals surface area contributed by atoms with Crippen LogP contribution in [0.3, 0.4) is 0 Å². The van der Waals surface area contributed by atoms with Crippen LogP contribution in [0.5, 0.6) is 28.7 Å². The molecule has 7 aromatic carbocycles. The van der Waals surface area contributed by atoms with Crippen LogP contribution >= 0.6 is 0 Å². The SMILES string of the molecule is CC(C)(C)c1ccc(C(=O)O)c(C#Cc2cc3c(O)c(c2)Cc2cccc(c2O)Cc2cc(C#Cc4cc(C(C)(C)C)ccc4C(=O)O)cc(c2O)Cc2cccc(c2O)Cc2cccc(c2O)C3)c1. The average Bonchev–Trinajstić information content (AvgIpc) is 3.30. The average molecular weight is 931 g/mol. The molecule has 0 unspecified atom stereocenters. The van der Waals surface area contributed by atoms with Gasteiger partial charge in [0.2, 0.25) is 0 Å². The van der Waals surface area contributed by atoms with E-state index >= 15 is 0 Å². The Labute approximate surface area is 408 Å². The molecule has 0 spiro atoms. The highest BCUT2D eigenvalue weighted by molar-refractivity contribution is 5.91. The van der Waals surface area contributed by atoms with Crippen LogP contribution in [0.15, 0.2) is 115 Å². The number of aromatic carboxylic acids is 2. The minimum Gasteiger partial charge on any atom is -0.507 e. The van der Waals surface area contributed by atoms with E-state index in [1.807, 2.05) is 41.5 Å². The maximum absolute atomic E-state index is 12.3. The molecule has 0 radical (unpaired) electrons. The molecule has 10 bridgehead atoms. The van der Waals surface area contributed by atoms with Crippen LogP contribution in [0.25, 0.3) is 0 Å². The Morgan fingerprint density at radius 3 is 0.886 bits per heavy atom. The van der Waals surface area contributed by atoms with Crippen molar-refractivity contribution in [3.8, 4) is 52.4 Å². The summed E-state index contributed by atoms with van der Waals surface area (Å²) < 4.78 is 0. The van der Waals surface area contributed by atoms with Crippen molar-refractivity contribution in [3.05, 3.63) is 215 Å². The molecular formula is C61H54O9. The van der Waals surface area contributed by atoms with Crippen molar-refractivity contribution >= 4 is 11.9 Å². The van der Waals surface area contributed by atoms with E-state index in [4.69, 9.17) is 0 Å². The van der Waals surface area contributed by atoms with Gasteiger partial charge in [-0.25, -0.2) is 9.59 Å². The van der Waals surface area contributed by atoms with E-state index in [2.05, 4.69) is 23.7 Å². The Morgan fingerprint density at radius 2 is 0.629 bits per heavy atom. The van der Waals surface area contributed by atoms with Gasteiger partial charge in [-0.3, -0.25) is 0 Å². The van der Waals surface area contributed by atoms with E-state index in [-0.39, 0.29) is 82.8 Å². The van der Waals surface area contributed by atoms with Gasteiger partial charge in [0.15, 0.2) is 0 Å². The Bertz CT molecular complexity index is 3170. The fourth-order valence-electron chi connectivity index (χ4n) is 8.90.